The summed E-state index contributed by atoms with van der Waals surface area (Å²) in [6, 6.07) is -1.29. The highest BCUT2D eigenvalue weighted by molar-refractivity contribution is 5.81. The third-order valence-electron chi connectivity index (χ3n) is 2.00. The Morgan fingerprint density at radius 2 is 1.67 bits per heavy atom. The average Bonchev–Trinajstić information content (AvgIpc) is 2.12. The van der Waals surface area contributed by atoms with Crippen molar-refractivity contribution in [2.24, 2.45) is 5.92 Å². The third kappa shape index (κ3) is 6.72. The number of hydrogen-bond acceptors (Lipinski definition) is 4. The third-order valence-corrected chi connectivity index (χ3v) is 2.00. The van der Waals surface area contributed by atoms with Crippen LogP contribution in [0.15, 0.2) is 0 Å². The molecule has 0 spiro atoms. The van der Waals surface area contributed by atoms with Crippen LogP contribution in [0.25, 0.3) is 0 Å². The van der Waals surface area contributed by atoms with Gasteiger partial charge in [0.05, 0.1) is 5.92 Å². The minimum Gasteiger partial charge on any atom is -0.481 e. The van der Waals surface area contributed by atoms with Gasteiger partial charge in [-0.3, -0.25) is 4.79 Å². The van der Waals surface area contributed by atoms with Crippen molar-refractivity contribution >= 4 is 18.0 Å². The highest BCUT2D eigenvalue weighted by Crippen LogP contribution is 2.10. The SMILES string of the molecule is C[C@H](C[C@H](NC(=O)OC(C)(C)C)C(=O)O)C(=O)O. The van der Waals surface area contributed by atoms with Crippen molar-refractivity contribution in [2.45, 2.75) is 45.8 Å². The largest absolute Gasteiger partial charge is 0.481 e. The summed E-state index contributed by atoms with van der Waals surface area (Å²) < 4.78 is 4.90. The summed E-state index contributed by atoms with van der Waals surface area (Å²) in [6.45, 7) is 6.29. The first-order chi connectivity index (χ1) is 8.03. The Balaban J connectivity index is 4.50. The minimum atomic E-state index is -1.30. The van der Waals surface area contributed by atoms with Crippen molar-refractivity contribution in [1.29, 1.82) is 0 Å². The van der Waals surface area contributed by atoms with Crippen LogP contribution in [0.3, 0.4) is 0 Å². The fourth-order valence-corrected chi connectivity index (χ4v) is 1.13. The van der Waals surface area contributed by atoms with Crippen LogP contribution in [0.4, 0.5) is 4.79 Å². The second-order valence-corrected chi connectivity index (χ2v) is 5.01. The van der Waals surface area contributed by atoms with Gasteiger partial charge in [0.1, 0.15) is 11.6 Å². The van der Waals surface area contributed by atoms with Gasteiger partial charge in [-0.05, 0) is 27.2 Å². The van der Waals surface area contributed by atoms with Gasteiger partial charge in [-0.2, -0.15) is 0 Å². The van der Waals surface area contributed by atoms with Crippen LogP contribution in [0.1, 0.15) is 34.1 Å². The fourth-order valence-electron chi connectivity index (χ4n) is 1.13. The van der Waals surface area contributed by atoms with Crippen LogP contribution < -0.4 is 5.32 Å². The molecule has 7 nitrogen and oxygen atoms in total. The Morgan fingerprint density at radius 3 is 2.00 bits per heavy atom. The van der Waals surface area contributed by atoms with Crippen molar-refractivity contribution in [3.8, 4) is 0 Å². The quantitative estimate of drug-likeness (QED) is 0.682. The molecular formula is C11H19NO6. The summed E-state index contributed by atoms with van der Waals surface area (Å²) in [5.74, 6) is -3.29. The van der Waals surface area contributed by atoms with E-state index in [1.165, 1.54) is 6.92 Å². The van der Waals surface area contributed by atoms with Crippen LogP contribution in [0.2, 0.25) is 0 Å². The molecule has 0 rings (SSSR count). The van der Waals surface area contributed by atoms with Crippen LogP contribution in [-0.2, 0) is 14.3 Å². The number of ether oxygens (including phenoxy) is 1. The normalized spacial score (nSPS) is 14.4. The molecule has 0 fully saturated rings. The molecule has 0 aliphatic carbocycles. The van der Waals surface area contributed by atoms with E-state index in [1.54, 1.807) is 20.8 Å². The number of amides is 1. The zero-order valence-electron chi connectivity index (χ0n) is 10.9. The molecule has 18 heavy (non-hydrogen) atoms. The maximum atomic E-state index is 11.4. The van der Waals surface area contributed by atoms with Gasteiger partial charge < -0.3 is 20.3 Å². The first-order valence-corrected chi connectivity index (χ1v) is 5.48. The van der Waals surface area contributed by atoms with Crippen LogP contribution >= 0.6 is 0 Å². The molecule has 0 unspecified atom stereocenters. The highest BCUT2D eigenvalue weighted by atomic mass is 16.6. The summed E-state index contributed by atoms with van der Waals surface area (Å²) in [5, 5.41) is 19.7. The molecular weight excluding hydrogens is 242 g/mol. The fraction of sp³-hybridized carbons (Fsp3) is 0.727. The van der Waals surface area contributed by atoms with Crippen LogP contribution in [0, 0.1) is 5.92 Å². The van der Waals surface area contributed by atoms with E-state index in [0.29, 0.717) is 0 Å². The van der Waals surface area contributed by atoms with Gasteiger partial charge in [0.25, 0.3) is 0 Å². The van der Waals surface area contributed by atoms with E-state index in [0.717, 1.165) is 0 Å². The molecule has 0 aromatic rings. The Morgan fingerprint density at radius 1 is 1.17 bits per heavy atom. The standard InChI is InChI=1S/C11H19NO6/c1-6(8(13)14)5-7(9(15)16)12-10(17)18-11(2,3)4/h6-7H,5H2,1-4H3,(H,12,17)(H,13,14)(H,15,16)/t6-,7+/m1/s1. The second-order valence-electron chi connectivity index (χ2n) is 5.01. The molecule has 0 aliphatic rings. The van der Waals surface area contributed by atoms with Crippen molar-refractivity contribution in [3.63, 3.8) is 0 Å². The lowest BCUT2D eigenvalue weighted by atomic mass is 10.0. The predicted molar refractivity (Wildman–Crippen MR) is 62.2 cm³/mol. The molecule has 0 heterocycles. The number of carbonyl (C=O) groups is 3. The highest BCUT2D eigenvalue weighted by Gasteiger charge is 2.27. The Hall–Kier alpha value is -1.79. The lowest BCUT2D eigenvalue weighted by molar-refractivity contribution is -0.143. The number of alkyl carbamates (subject to hydrolysis) is 1. The number of carboxylic acid groups (broad SMARTS) is 2. The van der Waals surface area contributed by atoms with E-state index in [2.05, 4.69) is 5.32 Å². The van der Waals surface area contributed by atoms with E-state index in [-0.39, 0.29) is 6.42 Å². The zero-order chi connectivity index (χ0) is 14.5. The molecule has 0 radical (unpaired) electrons. The minimum absolute atomic E-state index is 0.204. The molecule has 0 aromatic carbocycles. The number of hydrogen-bond donors (Lipinski definition) is 3. The van der Waals surface area contributed by atoms with Gasteiger partial charge >= 0.3 is 18.0 Å². The van der Waals surface area contributed by atoms with E-state index in [9.17, 15) is 14.4 Å². The smallest absolute Gasteiger partial charge is 0.408 e. The first-order valence-electron chi connectivity index (χ1n) is 5.48. The monoisotopic (exact) mass is 261 g/mol. The summed E-state index contributed by atoms with van der Waals surface area (Å²) in [5.41, 5.74) is -0.744. The van der Waals surface area contributed by atoms with Gasteiger partial charge in [-0.25, -0.2) is 9.59 Å². The topological polar surface area (TPSA) is 113 Å². The van der Waals surface area contributed by atoms with E-state index in [1.807, 2.05) is 0 Å². The average molecular weight is 261 g/mol. The Kier molecular flexibility index (Phi) is 5.61. The molecule has 0 aromatic heterocycles. The second kappa shape index (κ2) is 6.23. The van der Waals surface area contributed by atoms with E-state index >= 15 is 0 Å². The lowest BCUT2D eigenvalue weighted by Gasteiger charge is -2.22. The summed E-state index contributed by atoms with van der Waals surface area (Å²) in [7, 11) is 0. The molecule has 0 aliphatic heterocycles. The molecule has 0 saturated carbocycles. The summed E-state index contributed by atoms with van der Waals surface area (Å²) in [4.78, 5) is 32.9. The molecule has 2 atom stereocenters. The van der Waals surface area contributed by atoms with Crippen molar-refractivity contribution in [3.05, 3.63) is 0 Å². The molecule has 0 saturated heterocycles. The molecule has 0 bridgehead atoms. The molecule has 1 amide bonds. The van der Waals surface area contributed by atoms with E-state index < -0.39 is 35.6 Å². The lowest BCUT2D eigenvalue weighted by Crippen LogP contribution is -2.44. The van der Waals surface area contributed by atoms with Crippen molar-refractivity contribution in [1.82, 2.24) is 5.32 Å². The zero-order valence-corrected chi connectivity index (χ0v) is 10.9. The molecule has 3 N–H and O–H groups in total. The Bertz CT molecular complexity index is 333. The first kappa shape index (κ1) is 16.2. The number of aliphatic carboxylic acids is 2. The number of carbonyl (C=O) groups excluding carboxylic acids is 1. The number of carboxylic acids is 2. The molecule has 7 heteroatoms. The van der Waals surface area contributed by atoms with Crippen molar-refractivity contribution in [2.75, 3.05) is 0 Å². The van der Waals surface area contributed by atoms with Crippen molar-refractivity contribution < 1.29 is 29.3 Å². The molecule has 104 valence electrons. The van der Waals surface area contributed by atoms with Gasteiger partial charge in [0.2, 0.25) is 0 Å². The van der Waals surface area contributed by atoms with E-state index in [4.69, 9.17) is 14.9 Å². The Labute approximate surface area is 105 Å². The van der Waals surface area contributed by atoms with Gasteiger partial charge in [-0.1, -0.05) is 6.92 Å². The number of rotatable bonds is 5. The number of nitrogens with one attached hydrogen (secondary N) is 1. The van der Waals surface area contributed by atoms with Gasteiger partial charge in [0.15, 0.2) is 0 Å². The van der Waals surface area contributed by atoms with Crippen LogP contribution in [0.5, 0.6) is 0 Å². The summed E-state index contributed by atoms with van der Waals surface area (Å²) >= 11 is 0. The predicted octanol–water partition coefficient (Wildman–Crippen LogP) is 1.08. The van der Waals surface area contributed by atoms with Gasteiger partial charge in [-0.15, -0.1) is 0 Å². The maximum Gasteiger partial charge on any atom is 0.408 e. The maximum absolute atomic E-state index is 11.4. The summed E-state index contributed by atoms with van der Waals surface area (Å²) in [6.07, 6.45) is -1.09. The van der Waals surface area contributed by atoms with Gasteiger partial charge in [0, 0.05) is 0 Å². The van der Waals surface area contributed by atoms with Crippen LogP contribution in [-0.4, -0.2) is 39.9 Å².